The van der Waals surface area contributed by atoms with Gasteiger partial charge in [0.1, 0.15) is 5.69 Å². The van der Waals surface area contributed by atoms with Crippen LogP contribution >= 0.6 is 0 Å². The second-order valence-electron chi connectivity index (χ2n) is 5.17. The van der Waals surface area contributed by atoms with Crippen LogP contribution in [-0.4, -0.2) is 13.6 Å². The largest absolute Gasteiger partial charge is 0.453 e. The minimum Gasteiger partial charge on any atom is -0.350 e. The van der Waals surface area contributed by atoms with Crippen molar-refractivity contribution in [1.82, 2.24) is 5.16 Å². The van der Waals surface area contributed by atoms with E-state index in [1.807, 2.05) is 0 Å². The molecule has 0 bridgehead atoms. The van der Waals surface area contributed by atoms with E-state index in [0.717, 1.165) is 0 Å². The molecule has 0 aliphatic carbocycles. The normalized spacial score (nSPS) is 12.3. The summed E-state index contributed by atoms with van der Waals surface area (Å²) in [6.45, 7) is 0. The van der Waals surface area contributed by atoms with Crippen molar-refractivity contribution < 1.29 is 26.1 Å². The Balaban J connectivity index is 2.19. The van der Waals surface area contributed by atoms with Gasteiger partial charge in [0.25, 0.3) is 0 Å². The standard InChI is InChI=1S/C16H11F3N2O3S/c17-16(18,19)15-13(10-4-2-1-3-5-10)14(21-24-15)11-6-8-12(9-7-11)25(20,22)23/h1-9H,(H2,20,22,23). The molecule has 0 unspecified atom stereocenters. The Labute approximate surface area is 140 Å². The fourth-order valence-corrected chi connectivity index (χ4v) is 2.87. The Kier molecular flexibility index (Phi) is 4.13. The smallest absolute Gasteiger partial charge is 0.350 e. The number of rotatable bonds is 3. The lowest BCUT2D eigenvalue weighted by Gasteiger charge is -2.07. The van der Waals surface area contributed by atoms with Gasteiger partial charge < -0.3 is 4.52 Å². The SMILES string of the molecule is NS(=O)(=O)c1ccc(-c2noc(C(F)(F)F)c2-c2ccccc2)cc1. The number of alkyl halides is 3. The quantitative estimate of drug-likeness (QED) is 0.764. The molecule has 0 aliphatic rings. The predicted molar refractivity (Wildman–Crippen MR) is 83.8 cm³/mol. The molecule has 9 heteroatoms. The van der Waals surface area contributed by atoms with Crippen molar-refractivity contribution >= 4 is 10.0 Å². The van der Waals surface area contributed by atoms with Gasteiger partial charge >= 0.3 is 6.18 Å². The number of sulfonamides is 1. The molecule has 0 radical (unpaired) electrons. The molecule has 5 nitrogen and oxygen atoms in total. The molecule has 0 saturated heterocycles. The highest BCUT2D eigenvalue weighted by atomic mass is 32.2. The number of nitrogens with zero attached hydrogens (tertiary/aromatic N) is 1. The van der Waals surface area contributed by atoms with E-state index in [9.17, 15) is 21.6 Å². The lowest BCUT2D eigenvalue weighted by molar-refractivity contribution is -0.154. The lowest BCUT2D eigenvalue weighted by Crippen LogP contribution is -2.11. The highest BCUT2D eigenvalue weighted by Gasteiger charge is 2.41. The number of halogens is 3. The number of benzene rings is 2. The lowest BCUT2D eigenvalue weighted by atomic mass is 9.99. The molecular formula is C16H11F3N2O3S. The number of nitrogens with two attached hydrogens (primary N) is 1. The van der Waals surface area contributed by atoms with E-state index < -0.39 is 22.0 Å². The van der Waals surface area contributed by atoms with Crippen LogP contribution in [-0.2, 0) is 16.2 Å². The summed E-state index contributed by atoms with van der Waals surface area (Å²) in [6, 6.07) is 12.9. The van der Waals surface area contributed by atoms with Gasteiger partial charge in [0.2, 0.25) is 15.8 Å². The molecule has 3 rings (SSSR count). The van der Waals surface area contributed by atoms with Crippen LogP contribution in [0.15, 0.2) is 64.0 Å². The Morgan fingerprint density at radius 3 is 2.04 bits per heavy atom. The third-order valence-corrected chi connectivity index (χ3v) is 4.40. The predicted octanol–water partition coefficient (Wildman–Crippen LogP) is 3.67. The summed E-state index contributed by atoms with van der Waals surface area (Å²) in [5.41, 5.74) is 0.294. The first-order valence-electron chi connectivity index (χ1n) is 6.93. The highest BCUT2D eigenvalue weighted by Crippen LogP contribution is 2.42. The van der Waals surface area contributed by atoms with Crippen molar-refractivity contribution in [3.8, 4) is 22.4 Å². The summed E-state index contributed by atoms with van der Waals surface area (Å²) >= 11 is 0. The fourth-order valence-electron chi connectivity index (χ4n) is 2.36. The number of hydrogen-bond acceptors (Lipinski definition) is 4. The van der Waals surface area contributed by atoms with E-state index in [-0.39, 0.29) is 27.3 Å². The van der Waals surface area contributed by atoms with Crippen molar-refractivity contribution in [3.05, 3.63) is 60.4 Å². The van der Waals surface area contributed by atoms with Crippen LogP contribution in [0.25, 0.3) is 22.4 Å². The van der Waals surface area contributed by atoms with E-state index in [1.165, 1.54) is 36.4 Å². The molecule has 0 aliphatic heterocycles. The summed E-state index contributed by atoms with van der Waals surface area (Å²) < 4.78 is 66.9. The van der Waals surface area contributed by atoms with Gasteiger partial charge in [-0.05, 0) is 17.7 Å². The zero-order chi connectivity index (χ0) is 18.2. The molecule has 1 heterocycles. The Morgan fingerprint density at radius 1 is 0.920 bits per heavy atom. The molecule has 0 saturated carbocycles. The summed E-state index contributed by atoms with van der Waals surface area (Å²) in [4.78, 5) is -0.156. The van der Waals surface area contributed by atoms with Gasteiger partial charge in [0.15, 0.2) is 0 Å². The van der Waals surface area contributed by atoms with E-state index in [0.29, 0.717) is 0 Å². The number of primary sulfonamides is 1. The molecular weight excluding hydrogens is 357 g/mol. The zero-order valence-corrected chi connectivity index (χ0v) is 13.3. The molecule has 0 fully saturated rings. The molecule has 0 spiro atoms. The molecule has 2 aromatic carbocycles. The highest BCUT2D eigenvalue weighted by molar-refractivity contribution is 7.89. The van der Waals surface area contributed by atoms with E-state index in [4.69, 9.17) is 5.14 Å². The minimum atomic E-state index is -4.73. The van der Waals surface area contributed by atoms with Crippen molar-refractivity contribution in [2.24, 2.45) is 5.14 Å². The van der Waals surface area contributed by atoms with Crippen molar-refractivity contribution in [1.29, 1.82) is 0 Å². The molecule has 130 valence electrons. The van der Waals surface area contributed by atoms with Gasteiger partial charge in [-0.15, -0.1) is 0 Å². The summed E-state index contributed by atoms with van der Waals surface area (Å²) in [5.74, 6) is -1.22. The van der Waals surface area contributed by atoms with Crippen LogP contribution in [0.3, 0.4) is 0 Å². The molecule has 1 aromatic heterocycles. The van der Waals surface area contributed by atoms with Gasteiger partial charge in [-0.25, -0.2) is 13.6 Å². The van der Waals surface area contributed by atoms with Gasteiger partial charge in [0, 0.05) is 5.56 Å². The van der Waals surface area contributed by atoms with Crippen LogP contribution < -0.4 is 5.14 Å². The van der Waals surface area contributed by atoms with Gasteiger partial charge in [-0.1, -0.05) is 47.6 Å². The Hall–Kier alpha value is -2.65. The third kappa shape index (κ3) is 3.42. The maximum absolute atomic E-state index is 13.3. The van der Waals surface area contributed by atoms with Gasteiger partial charge in [0.05, 0.1) is 10.5 Å². The number of hydrogen-bond donors (Lipinski definition) is 1. The second kappa shape index (κ2) is 6.01. The van der Waals surface area contributed by atoms with Crippen LogP contribution in [0.2, 0.25) is 0 Å². The first-order valence-corrected chi connectivity index (χ1v) is 8.48. The van der Waals surface area contributed by atoms with Crippen LogP contribution in [0, 0.1) is 0 Å². The first-order chi connectivity index (χ1) is 11.7. The third-order valence-electron chi connectivity index (χ3n) is 3.47. The van der Waals surface area contributed by atoms with E-state index in [2.05, 4.69) is 9.68 Å². The molecule has 25 heavy (non-hydrogen) atoms. The maximum Gasteiger partial charge on any atom is 0.453 e. The second-order valence-corrected chi connectivity index (χ2v) is 6.73. The maximum atomic E-state index is 13.3. The Morgan fingerprint density at radius 2 is 1.52 bits per heavy atom. The minimum absolute atomic E-state index is 0.0421. The van der Waals surface area contributed by atoms with Crippen LogP contribution in [0.1, 0.15) is 5.76 Å². The zero-order valence-electron chi connectivity index (χ0n) is 12.5. The Bertz CT molecular complexity index is 995. The van der Waals surface area contributed by atoms with Gasteiger partial charge in [-0.3, -0.25) is 0 Å². The van der Waals surface area contributed by atoms with Crippen molar-refractivity contribution in [2.45, 2.75) is 11.1 Å². The number of aromatic nitrogens is 1. The van der Waals surface area contributed by atoms with Crippen molar-refractivity contribution in [3.63, 3.8) is 0 Å². The molecule has 2 N–H and O–H groups in total. The van der Waals surface area contributed by atoms with Crippen molar-refractivity contribution in [2.75, 3.05) is 0 Å². The average Bonchev–Trinajstić information content (AvgIpc) is 3.00. The summed E-state index contributed by atoms with van der Waals surface area (Å²) in [6.07, 6.45) is -4.73. The first kappa shape index (κ1) is 17.2. The summed E-state index contributed by atoms with van der Waals surface area (Å²) in [5, 5.41) is 8.56. The topological polar surface area (TPSA) is 86.2 Å². The fraction of sp³-hybridized carbons (Fsp3) is 0.0625. The van der Waals surface area contributed by atoms with E-state index in [1.54, 1.807) is 18.2 Å². The average molecular weight is 368 g/mol. The summed E-state index contributed by atoms with van der Waals surface area (Å²) in [7, 11) is -3.91. The van der Waals surface area contributed by atoms with Crippen LogP contribution in [0.5, 0.6) is 0 Å². The monoisotopic (exact) mass is 368 g/mol. The van der Waals surface area contributed by atoms with Crippen LogP contribution in [0.4, 0.5) is 13.2 Å². The van der Waals surface area contributed by atoms with E-state index >= 15 is 0 Å². The molecule has 0 amide bonds. The van der Waals surface area contributed by atoms with Gasteiger partial charge in [-0.2, -0.15) is 13.2 Å². The molecule has 3 aromatic rings. The molecule has 0 atom stereocenters.